The largest absolute Gasteiger partial charge is 0.390 e. The Balaban J connectivity index is 2.30. The Morgan fingerprint density at radius 2 is 2.16 bits per heavy atom. The van der Waals surface area contributed by atoms with Crippen molar-refractivity contribution in [2.75, 3.05) is 7.05 Å². The fourth-order valence-corrected chi connectivity index (χ4v) is 3.84. The third-order valence-electron chi connectivity index (χ3n) is 4.02. The molecule has 6 heteroatoms. The Labute approximate surface area is 114 Å². The normalized spacial score (nSPS) is 17.9. The van der Waals surface area contributed by atoms with E-state index in [1.165, 1.54) is 4.31 Å². The zero-order valence-corrected chi connectivity index (χ0v) is 12.5. The Morgan fingerprint density at radius 1 is 1.53 bits per heavy atom. The van der Waals surface area contributed by atoms with Gasteiger partial charge in [-0.15, -0.1) is 0 Å². The van der Waals surface area contributed by atoms with E-state index < -0.39 is 10.0 Å². The van der Waals surface area contributed by atoms with Crippen LogP contribution in [0.1, 0.15) is 32.4 Å². The molecule has 2 rings (SSSR count). The van der Waals surface area contributed by atoms with Crippen molar-refractivity contribution >= 4 is 10.0 Å². The van der Waals surface area contributed by atoms with E-state index in [9.17, 15) is 13.5 Å². The molecule has 0 bridgehead atoms. The lowest BCUT2D eigenvalue weighted by Gasteiger charge is -2.23. The average molecular weight is 286 g/mol. The van der Waals surface area contributed by atoms with E-state index in [0.717, 1.165) is 12.8 Å². The van der Waals surface area contributed by atoms with Gasteiger partial charge in [-0.05, 0) is 38.7 Å². The summed E-state index contributed by atoms with van der Waals surface area (Å²) in [6.45, 7) is 4.38. The second-order valence-electron chi connectivity index (χ2n) is 5.21. The first-order chi connectivity index (χ1) is 8.91. The van der Waals surface area contributed by atoms with Gasteiger partial charge in [-0.1, -0.05) is 0 Å². The van der Waals surface area contributed by atoms with E-state index >= 15 is 0 Å². The van der Waals surface area contributed by atoms with E-state index in [4.69, 9.17) is 0 Å². The molecule has 1 atom stereocenters. The van der Waals surface area contributed by atoms with Gasteiger partial charge in [-0.3, -0.25) is 0 Å². The van der Waals surface area contributed by atoms with Crippen molar-refractivity contribution in [2.45, 2.75) is 50.8 Å². The summed E-state index contributed by atoms with van der Waals surface area (Å²) in [6.07, 6.45) is 3.83. The molecule has 0 aromatic carbocycles. The van der Waals surface area contributed by atoms with Crippen LogP contribution in [0, 0.1) is 5.92 Å². The van der Waals surface area contributed by atoms with Crippen molar-refractivity contribution in [3.63, 3.8) is 0 Å². The molecule has 1 heterocycles. The fraction of sp³-hybridized carbons (Fsp3) is 0.692. The molecule has 0 amide bonds. The molecule has 5 nitrogen and oxygen atoms in total. The molecule has 1 aliphatic rings. The summed E-state index contributed by atoms with van der Waals surface area (Å²) in [4.78, 5) is 0.272. The summed E-state index contributed by atoms with van der Waals surface area (Å²) in [5, 5.41) is 9.25. The van der Waals surface area contributed by atoms with Gasteiger partial charge in [0, 0.05) is 31.5 Å². The van der Waals surface area contributed by atoms with E-state index in [2.05, 4.69) is 0 Å². The lowest BCUT2D eigenvalue weighted by molar-refractivity contribution is 0.271. The second-order valence-corrected chi connectivity index (χ2v) is 7.21. The maximum absolute atomic E-state index is 12.5. The molecule has 0 saturated heterocycles. The molecule has 1 aromatic heterocycles. The summed E-state index contributed by atoms with van der Waals surface area (Å²) in [7, 11) is -1.82. The van der Waals surface area contributed by atoms with Gasteiger partial charge >= 0.3 is 0 Å². The molecule has 0 aliphatic heterocycles. The van der Waals surface area contributed by atoms with Crippen LogP contribution in [-0.4, -0.2) is 35.5 Å². The summed E-state index contributed by atoms with van der Waals surface area (Å²) in [5.41, 5.74) is 0.633. The first kappa shape index (κ1) is 14.6. The highest BCUT2D eigenvalue weighted by Crippen LogP contribution is 2.36. The van der Waals surface area contributed by atoms with Gasteiger partial charge in [0.15, 0.2) is 0 Å². The maximum atomic E-state index is 12.5. The third kappa shape index (κ3) is 2.70. The van der Waals surface area contributed by atoms with Crippen LogP contribution in [0.4, 0.5) is 0 Å². The van der Waals surface area contributed by atoms with Gasteiger partial charge < -0.3 is 9.67 Å². The number of aryl methyl sites for hydroxylation is 1. The number of aliphatic hydroxyl groups excluding tert-OH is 1. The number of nitrogens with zero attached hydrogens (tertiary/aromatic N) is 2. The second kappa shape index (κ2) is 5.26. The van der Waals surface area contributed by atoms with Crippen LogP contribution >= 0.6 is 0 Å². The number of hydrogen-bond donors (Lipinski definition) is 1. The first-order valence-corrected chi connectivity index (χ1v) is 8.13. The first-order valence-electron chi connectivity index (χ1n) is 6.69. The molecule has 1 fully saturated rings. The molecule has 1 N–H and O–H groups in total. The number of aromatic nitrogens is 1. The van der Waals surface area contributed by atoms with E-state index in [0.29, 0.717) is 18.2 Å². The molecule has 1 unspecified atom stereocenters. The Kier molecular flexibility index (Phi) is 4.03. The molecular weight excluding hydrogens is 264 g/mol. The number of hydrogen-bond acceptors (Lipinski definition) is 3. The number of sulfonamides is 1. The summed E-state index contributed by atoms with van der Waals surface area (Å²) < 4.78 is 28.3. The smallest absolute Gasteiger partial charge is 0.244 e. The van der Waals surface area contributed by atoms with Crippen LogP contribution in [0.5, 0.6) is 0 Å². The summed E-state index contributed by atoms with van der Waals surface area (Å²) in [6, 6.07) is 1.60. The maximum Gasteiger partial charge on any atom is 0.244 e. The zero-order valence-electron chi connectivity index (χ0n) is 11.7. The van der Waals surface area contributed by atoms with Crippen LogP contribution in [0.2, 0.25) is 0 Å². The van der Waals surface area contributed by atoms with Crippen LogP contribution in [0.25, 0.3) is 0 Å². The minimum absolute atomic E-state index is 0.0348. The molecular formula is C13H22N2O3S. The Morgan fingerprint density at radius 3 is 2.58 bits per heavy atom. The van der Waals surface area contributed by atoms with Crippen LogP contribution < -0.4 is 0 Å². The fourth-order valence-electron chi connectivity index (χ4n) is 2.35. The van der Waals surface area contributed by atoms with Crippen molar-refractivity contribution in [2.24, 2.45) is 5.92 Å². The van der Waals surface area contributed by atoms with E-state index in [-0.39, 0.29) is 17.5 Å². The number of rotatable bonds is 6. The minimum atomic E-state index is -3.46. The summed E-state index contributed by atoms with van der Waals surface area (Å²) >= 11 is 0. The molecule has 19 heavy (non-hydrogen) atoms. The van der Waals surface area contributed by atoms with Gasteiger partial charge in [0.25, 0.3) is 0 Å². The van der Waals surface area contributed by atoms with Gasteiger partial charge in [0.1, 0.15) is 4.90 Å². The van der Waals surface area contributed by atoms with Gasteiger partial charge in [-0.25, -0.2) is 8.42 Å². The van der Waals surface area contributed by atoms with Crippen molar-refractivity contribution in [1.29, 1.82) is 0 Å². The van der Waals surface area contributed by atoms with Crippen molar-refractivity contribution in [3.05, 3.63) is 18.0 Å². The van der Waals surface area contributed by atoms with Crippen LogP contribution in [0.3, 0.4) is 0 Å². The van der Waals surface area contributed by atoms with E-state index in [1.54, 1.807) is 23.9 Å². The predicted molar refractivity (Wildman–Crippen MR) is 73.2 cm³/mol. The van der Waals surface area contributed by atoms with E-state index in [1.807, 2.05) is 13.8 Å². The minimum Gasteiger partial charge on any atom is -0.390 e. The van der Waals surface area contributed by atoms with Crippen LogP contribution in [0.15, 0.2) is 17.2 Å². The van der Waals surface area contributed by atoms with Gasteiger partial charge in [-0.2, -0.15) is 4.31 Å². The zero-order chi connectivity index (χ0) is 14.2. The topological polar surface area (TPSA) is 62.5 Å². The predicted octanol–water partition coefficient (Wildman–Crippen LogP) is 1.42. The SMILES string of the molecule is CCn1cc(S(=O)(=O)N(C)C(C)C2CC2)cc1CO. The van der Waals surface area contributed by atoms with Gasteiger partial charge in [0.05, 0.1) is 6.61 Å². The standard InChI is InChI=1S/C13H22N2O3S/c1-4-15-8-13(7-12(15)9-16)19(17,18)14(3)10(2)11-5-6-11/h7-8,10-11,16H,4-6,9H2,1-3H3. The highest BCUT2D eigenvalue weighted by Gasteiger charge is 2.36. The quantitative estimate of drug-likeness (QED) is 0.860. The summed E-state index contributed by atoms with van der Waals surface area (Å²) in [5.74, 6) is 0.491. The van der Waals surface area contributed by atoms with Gasteiger partial charge in [0.2, 0.25) is 10.0 Å². The number of aliphatic hydroxyl groups is 1. The molecule has 108 valence electrons. The molecule has 0 spiro atoms. The van der Waals surface area contributed by atoms with Crippen molar-refractivity contribution in [1.82, 2.24) is 8.87 Å². The molecule has 0 radical (unpaired) electrons. The highest BCUT2D eigenvalue weighted by molar-refractivity contribution is 7.89. The third-order valence-corrected chi connectivity index (χ3v) is 5.93. The Hall–Kier alpha value is -0.850. The molecule has 1 saturated carbocycles. The Bertz CT molecular complexity index is 525. The monoisotopic (exact) mass is 286 g/mol. The molecule has 1 aromatic rings. The average Bonchev–Trinajstić information content (AvgIpc) is 3.15. The lowest BCUT2D eigenvalue weighted by Crippen LogP contribution is -2.36. The highest BCUT2D eigenvalue weighted by atomic mass is 32.2. The van der Waals surface area contributed by atoms with Crippen molar-refractivity contribution in [3.8, 4) is 0 Å². The lowest BCUT2D eigenvalue weighted by atomic mass is 10.2. The van der Waals surface area contributed by atoms with Crippen LogP contribution in [-0.2, 0) is 23.2 Å². The van der Waals surface area contributed by atoms with Crippen molar-refractivity contribution < 1.29 is 13.5 Å². The molecule has 1 aliphatic carbocycles.